The third-order valence-corrected chi connectivity index (χ3v) is 5.71. The molecule has 0 bridgehead atoms. The summed E-state index contributed by atoms with van der Waals surface area (Å²) in [6, 6.07) is 10.3. The molecule has 29 heavy (non-hydrogen) atoms. The Balaban J connectivity index is 1.57. The molecule has 2 amide bonds. The summed E-state index contributed by atoms with van der Waals surface area (Å²) in [5.41, 5.74) is 6.51. The molecular weight excluding hydrogens is 432 g/mol. The van der Waals surface area contributed by atoms with E-state index in [9.17, 15) is 9.59 Å². The fourth-order valence-electron chi connectivity index (χ4n) is 3.82. The van der Waals surface area contributed by atoms with Crippen LogP contribution in [0.15, 0.2) is 39.9 Å². The summed E-state index contributed by atoms with van der Waals surface area (Å²) < 4.78 is 3.14. The summed E-state index contributed by atoms with van der Waals surface area (Å²) >= 11 is 3.50. The van der Waals surface area contributed by atoms with Crippen molar-refractivity contribution in [2.45, 2.75) is 58.4 Å². The SMILES string of the molecule is Cc1cc(/C=N/NC(=O)CC(=O)NC2CCCCC2)c(C)n1-c1cccc(Br)c1. The van der Waals surface area contributed by atoms with E-state index in [1.54, 1.807) is 6.21 Å². The molecule has 1 aliphatic carbocycles. The quantitative estimate of drug-likeness (QED) is 0.387. The molecule has 0 unspecified atom stereocenters. The number of carbonyl (C=O) groups is 2. The van der Waals surface area contributed by atoms with E-state index in [4.69, 9.17) is 0 Å². The van der Waals surface area contributed by atoms with E-state index < -0.39 is 5.91 Å². The van der Waals surface area contributed by atoms with E-state index >= 15 is 0 Å². The summed E-state index contributed by atoms with van der Waals surface area (Å²) in [5.74, 6) is -0.646. The molecule has 1 aromatic carbocycles. The van der Waals surface area contributed by atoms with Gasteiger partial charge < -0.3 is 9.88 Å². The molecule has 1 saturated carbocycles. The zero-order chi connectivity index (χ0) is 20.8. The van der Waals surface area contributed by atoms with Crippen molar-refractivity contribution in [3.63, 3.8) is 0 Å². The highest BCUT2D eigenvalue weighted by molar-refractivity contribution is 9.10. The molecule has 0 spiro atoms. The molecule has 0 atom stereocenters. The van der Waals surface area contributed by atoms with Gasteiger partial charge in [-0.25, -0.2) is 5.43 Å². The Bertz CT molecular complexity index is 914. The first-order chi connectivity index (χ1) is 13.9. The molecule has 2 N–H and O–H groups in total. The number of hydrazone groups is 1. The van der Waals surface area contributed by atoms with Crippen LogP contribution in [0.4, 0.5) is 0 Å². The number of amides is 2. The fourth-order valence-corrected chi connectivity index (χ4v) is 4.20. The average Bonchev–Trinajstić information content (AvgIpc) is 2.96. The van der Waals surface area contributed by atoms with E-state index in [-0.39, 0.29) is 18.4 Å². The molecule has 1 fully saturated rings. The lowest BCUT2D eigenvalue weighted by Gasteiger charge is -2.22. The van der Waals surface area contributed by atoms with Crippen LogP contribution in [-0.4, -0.2) is 28.6 Å². The highest BCUT2D eigenvalue weighted by Gasteiger charge is 2.17. The van der Waals surface area contributed by atoms with Gasteiger partial charge in [-0.05, 0) is 51.0 Å². The monoisotopic (exact) mass is 458 g/mol. The van der Waals surface area contributed by atoms with Crippen LogP contribution >= 0.6 is 15.9 Å². The van der Waals surface area contributed by atoms with Crippen molar-refractivity contribution in [3.8, 4) is 5.69 Å². The van der Waals surface area contributed by atoms with E-state index in [0.29, 0.717) is 0 Å². The Kier molecular flexibility index (Phi) is 7.25. The second-order valence-electron chi connectivity index (χ2n) is 7.51. The Morgan fingerprint density at radius 2 is 1.93 bits per heavy atom. The Labute approximate surface area is 179 Å². The number of aromatic nitrogens is 1. The van der Waals surface area contributed by atoms with Gasteiger partial charge in [-0.1, -0.05) is 41.3 Å². The molecule has 0 radical (unpaired) electrons. The molecule has 3 rings (SSSR count). The summed E-state index contributed by atoms with van der Waals surface area (Å²) in [6.07, 6.45) is 6.92. The van der Waals surface area contributed by atoms with Crippen LogP contribution in [0.2, 0.25) is 0 Å². The largest absolute Gasteiger partial charge is 0.353 e. The lowest BCUT2D eigenvalue weighted by Crippen LogP contribution is -2.38. The summed E-state index contributed by atoms with van der Waals surface area (Å²) in [6.45, 7) is 4.04. The van der Waals surface area contributed by atoms with Gasteiger partial charge >= 0.3 is 0 Å². The molecule has 1 heterocycles. The first-order valence-electron chi connectivity index (χ1n) is 10.00. The number of hydrogen-bond donors (Lipinski definition) is 2. The molecule has 0 saturated heterocycles. The van der Waals surface area contributed by atoms with Crippen LogP contribution in [0.3, 0.4) is 0 Å². The summed E-state index contributed by atoms with van der Waals surface area (Å²) in [5, 5.41) is 6.98. The van der Waals surface area contributed by atoms with Crippen molar-refractivity contribution in [1.29, 1.82) is 0 Å². The molecule has 154 valence electrons. The Morgan fingerprint density at radius 1 is 1.17 bits per heavy atom. The number of benzene rings is 1. The number of nitrogens with one attached hydrogen (secondary N) is 2. The van der Waals surface area contributed by atoms with Gasteiger partial charge in [-0.3, -0.25) is 9.59 Å². The maximum absolute atomic E-state index is 12.0. The normalized spacial score (nSPS) is 14.9. The number of nitrogens with zero attached hydrogens (tertiary/aromatic N) is 2. The van der Waals surface area contributed by atoms with Crippen LogP contribution in [0, 0.1) is 13.8 Å². The van der Waals surface area contributed by atoms with Crippen molar-refractivity contribution >= 4 is 34.0 Å². The predicted molar refractivity (Wildman–Crippen MR) is 118 cm³/mol. The van der Waals surface area contributed by atoms with Gasteiger partial charge in [0.05, 0.1) is 6.21 Å². The van der Waals surface area contributed by atoms with Gasteiger partial charge in [0, 0.05) is 33.2 Å². The molecule has 1 aromatic heterocycles. The lowest BCUT2D eigenvalue weighted by atomic mass is 9.95. The average molecular weight is 459 g/mol. The topological polar surface area (TPSA) is 75.5 Å². The lowest BCUT2D eigenvalue weighted by molar-refractivity contribution is -0.129. The molecule has 7 heteroatoms. The van der Waals surface area contributed by atoms with E-state index in [1.165, 1.54) is 6.42 Å². The molecule has 2 aromatic rings. The van der Waals surface area contributed by atoms with Crippen LogP contribution in [0.5, 0.6) is 0 Å². The number of rotatable bonds is 6. The number of hydrogen-bond acceptors (Lipinski definition) is 3. The second-order valence-corrected chi connectivity index (χ2v) is 8.43. The van der Waals surface area contributed by atoms with Crippen molar-refractivity contribution in [1.82, 2.24) is 15.3 Å². The zero-order valence-electron chi connectivity index (χ0n) is 16.9. The van der Waals surface area contributed by atoms with Crippen LogP contribution in [0.1, 0.15) is 55.5 Å². The van der Waals surface area contributed by atoms with Crippen molar-refractivity contribution in [3.05, 3.63) is 51.8 Å². The third-order valence-electron chi connectivity index (χ3n) is 5.22. The summed E-state index contributed by atoms with van der Waals surface area (Å²) in [7, 11) is 0. The Hall–Kier alpha value is -2.41. The molecular formula is C22H27BrN4O2. The minimum Gasteiger partial charge on any atom is -0.353 e. The predicted octanol–water partition coefficient (Wildman–Crippen LogP) is 4.15. The molecule has 0 aliphatic heterocycles. The van der Waals surface area contributed by atoms with Gasteiger partial charge in [0.2, 0.25) is 11.8 Å². The summed E-state index contributed by atoms with van der Waals surface area (Å²) in [4.78, 5) is 24.0. The second kappa shape index (κ2) is 9.87. The van der Waals surface area contributed by atoms with Gasteiger partial charge in [0.1, 0.15) is 6.42 Å². The number of aryl methyl sites for hydroxylation is 1. The van der Waals surface area contributed by atoms with Crippen LogP contribution < -0.4 is 10.7 Å². The van der Waals surface area contributed by atoms with Gasteiger partial charge in [0.25, 0.3) is 0 Å². The van der Waals surface area contributed by atoms with Crippen molar-refractivity contribution < 1.29 is 9.59 Å². The minimum atomic E-state index is -0.407. The third kappa shape index (κ3) is 5.79. The van der Waals surface area contributed by atoms with E-state index in [1.807, 2.05) is 44.2 Å². The maximum Gasteiger partial charge on any atom is 0.249 e. The zero-order valence-corrected chi connectivity index (χ0v) is 18.5. The van der Waals surface area contributed by atoms with Gasteiger partial charge in [-0.15, -0.1) is 0 Å². The molecule has 6 nitrogen and oxygen atoms in total. The maximum atomic E-state index is 12.0. The standard InChI is InChI=1S/C22H27BrN4O2/c1-15-11-17(16(2)27(15)20-10-6-7-18(23)12-20)14-24-26-22(29)13-21(28)25-19-8-4-3-5-9-19/h6-7,10-12,14,19H,3-5,8-9,13H2,1-2H3,(H,25,28)(H,26,29)/b24-14+. The fraction of sp³-hybridized carbons (Fsp3) is 0.409. The van der Waals surface area contributed by atoms with E-state index in [0.717, 1.165) is 52.8 Å². The van der Waals surface area contributed by atoms with Crippen molar-refractivity contribution in [2.24, 2.45) is 5.10 Å². The number of carbonyl (C=O) groups excluding carboxylic acids is 2. The van der Waals surface area contributed by atoms with Crippen LogP contribution in [-0.2, 0) is 9.59 Å². The highest BCUT2D eigenvalue weighted by atomic mass is 79.9. The number of halogens is 1. The highest BCUT2D eigenvalue weighted by Crippen LogP contribution is 2.22. The smallest absolute Gasteiger partial charge is 0.249 e. The Morgan fingerprint density at radius 3 is 2.66 bits per heavy atom. The van der Waals surface area contributed by atoms with Gasteiger partial charge in [0.15, 0.2) is 0 Å². The first kappa shape index (κ1) is 21.3. The van der Waals surface area contributed by atoms with E-state index in [2.05, 4.69) is 36.3 Å². The first-order valence-corrected chi connectivity index (χ1v) is 10.8. The minimum absolute atomic E-state index is 0.203. The van der Waals surface area contributed by atoms with Crippen LogP contribution in [0.25, 0.3) is 5.69 Å². The molecule has 1 aliphatic rings. The van der Waals surface area contributed by atoms with Gasteiger partial charge in [-0.2, -0.15) is 5.10 Å². The van der Waals surface area contributed by atoms with Crippen molar-refractivity contribution in [2.75, 3.05) is 0 Å².